The van der Waals surface area contributed by atoms with Gasteiger partial charge in [-0.25, -0.2) is 4.39 Å². The van der Waals surface area contributed by atoms with Gasteiger partial charge in [0.2, 0.25) is 0 Å². The van der Waals surface area contributed by atoms with Crippen molar-refractivity contribution < 1.29 is 4.39 Å². The lowest BCUT2D eigenvalue weighted by molar-refractivity contribution is 0.354. The van der Waals surface area contributed by atoms with Crippen molar-refractivity contribution in [3.63, 3.8) is 0 Å². The molecule has 82 valence electrons. The molecule has 1 atom stereocenters. The summed E-state index contributed by atoms with van der Waals surface area (Å²) in [7, 11) is 0. The quantitative estimate of drug-likeness (QED) is 0.750. The molecule has 15 heavy (non-hydrogen) atoms. The second kappa shape index (κ2) is 4.50. The predicted molar refractivity (Wildman–Crippen MR) is 60.9 cm³/mol. The van der Waals surface area contributed by atoms with E-state index in [1.165, 1.54) is 6.07 Å². The molecular weight excluding hydrogens is 213 g/mol. The molecule has 0 aliphatic carbocycles. The molecule has 1 aromatic rings. The number of nitrogens with zero attached hydrogens (tertiary/aromatic N) is 1. The summed E-state index contributed by atoms with van der Waals surface area (Å²) < 4.78 is 13.0. The zero-order chi connectivity index (χ0) is 10.8. The highest BCUT2D eigenvalue weighted by atomic mass is 35.5. The topological polar surface area (TPSA) is 3.24 Å². The van der Waals surface area contributed by atoms with E-state index in [9.17, 15) is 4.39 Å². The molecule has 1 nitrogen and oxygen atoms in total. The molecule has 0 radical (unpaired) electrons. The largest absolute Gasteiger partial charge is 0.303 e. The second-order valence-electron chi connectivity index (χ2n) is 4.05. The first-order valence-electron chi connectivity index (χ1n) is 5.38. The highest BCUT2D eigenvalue weighted by Crippen LogP contribution is 2.29. The van der Waals surface area contributed by atoms with Crippen LogP contribution in [0.2, 0.25) is 5.02 Å². The number of hydrogen-bond donors (Lipinski definition) is 0. The summed E-state index contributed by atoms with van der Waals surface area (Å²) in [4.78, 5) is 2.40. The van der Waals surface area contributed by atoms with Gasteiger partial charge in [-0.05, 0) is 43.1 Å². The van der Waals surface area contributed by atoms with Crippen molar-refractivity contribution in [1.29, 1.82) is 0 Å². The van der Waals surface area contributed by atoms with Crippen molar-refractivity contribution >= 4 is 11.6 Å². The number of likely N-dealkylation sites (tertiary alicyclic amines) is 1. The fourth-order valence-corrected chi connectivity index (χ4v) is 2.35. The van der Waals surface area contributed by atoms with E-state index in [0.29, 0.717) is 5.92 Å². The van der Waals surface area contributed by atoms with Crippen LogP contribution in [0, 0.1) is 5.82 Å². The van der Waals surface area contributed by atoms with E-state index in [2.05, 4.69) is 11.8 Å². The number of likely N-dealkylation sites (N-methyl/N-ethyl adjacent to an activating group) is 1. The zero-order valence-corrected chi connectivity index (χ0v) is 9.60. The molecule has 0 N–H and O–H groups in total. The molecule has 0 saturated carbocycles. The van der Waals surface area contributed by atoms with Crippen LogP contribution in [0.15, 0.2) is 18.2 Å². The Kier molecular flexibility index (Phi) is 3.27. The zero-order valence-electron chi connectivity index (χ0n) is 8.84. The third-order valence-corrected chi connectivity index (χ3v) is 3.42. The van der Waals surface area contributed by atoms with E-state index >= 15 is 0 Å². The third kappa shape index (κ3) is 2.32. The van der Waals surface area contributed by atoms with Gasteiger partial charge < -0.3 is 4.90 Å². The van der Waals surface area contributed by atoms with E-state index in [1.807, 2.05) is 6.07 Å². The summed E-state index contributed by atoms with van der Waals surface area (Å²) in [6, 6.07) is 5.08. The average Bonchev–Trinajstić information content (AvgIpc) is 2.70. The lowest BCUT2D eigenvalue weighted by atomic mass is 9.98. The molecule has 0 bridgehead atoms. The predicted octanol–water partition coefficient (Wildman–Crippen LogP) is 3.29. The Hall–Kier alpha value is -0.600. The molecule has 0 amide bonds. The Labute approximate surface area is 94.8 Å². The van der Waals surface area contributed by atoms with Crippen LogP contribution in [0.3, 0.4) is 0 Å². The van der Waals surface area contributed by atoms with Crippen LogP contribution < -0.4 is 0 Å². The number of hydrogen-bond acceptors (Lipinski definition) is 1. The molecule has 1 unspecified atom stereocenters. The van der Waals surface area contributed by atoms with E-state index in [0.717, 1.165) is 31.6 Å². The van der Waals surface area contributed by atoms with E-state index < -0.39 is 0 Å². The average molecular weight is 228 g/mol. The lowest BCUT2D eigenvalue weighted by Gasteiger charge is -2.13. The first kappa shape index (κ1) is 10.9. The van der Waals surface area contributed by atoms with Gasteiger partial charge in [-0.1, -0.05) is 24.6 Å². The molecule has 0 aromatic heterocycles. The highest BCUT2D eigenvalue weighted by molar-refractivity contribution is 6.30. The Balaban J connectivity index is 2.13. The summed E-state index contributed by atoms with van der Waals surface area (Å²) in [5.41, 5.74) is 1.16. The first-order valence-corrected chi connectivity index (χ1v) is 5.75. The van der Waals surface area contributed by atoms with Crippen LogP contribution in [0.5, 0.6) is 0 Å². The van der Waals surface area contributed by atoms with E-state index in [-0.39, 0.29) is 10.8 Å². The molecule has 1 aliphatic heterocycles. The van der Waals surface area contributed by atoms with Crippen molar-refractivity contribution in [2.24, 2.45) is 0 Å². The molecule has 1 saturated heterocycles. The lowest BCUT2D eigenvalue weighted by Crippen LogP contribution is -2.19. The van der Waals surface area contributed by atoms with Gasteiger partial charge in [0.25, 0.3) is 0 Å². The molecule has 1 aromatic carbocycles. The maximum atomic E-state index is 13.0. The molecule has 1 aliphatic rings. The van der Waals surface area contributed by atoms with Crippen molar-refractivity contribution in [3.05, 3.63) is 34.6 Å². The maximum Gasteiger partial charge on any atom is 0.141 e. The van der Waals surface area contributed by atoms with Crippen LogP contribution in [0.25, 0.3) is 0 Å². The van der Waals surface area contributed by atoms with Crippen molar-refractivity contribution in [1.82, 2.24) is 4.90 Å². The third-order valence-electron chi connectivity index (χ3n) is 3.13. The Morgan fingerprint density at radius 2 is 2.33 bits per heavy atom. The van der Waals surface area contributed by atoms with Crippen LogP contribution in [-0.2, 0) is 0 Å². The molecule has 2 rings (SSSR count). The Morgan fingerprint density at radius 1 is 1.53 bits per heavy atom. The highest BCUT2D eigenvalue weighted by Gasteiger charge is 2.22. The fourth-order valence-electron chi connectivity index (χ4n) is 2.16. The molecule has 3 heteroatoms. The van der Waals surface area contributed by atoms with Gasteiger partial charge in [-0.3, -0.25) is 0 Å². The van der Waals surface area contributed by atoms with Crippen LogP contribution in [-0.4, -0.2) is 24.5 Å². The summed E-state index contributed by atoms with van der Waals surface area (Å²) in [5, 5.41) is 0.238. The van der Waals surface area contributed by atoms with Crippen molar-refractivity contribution in [2.45, 2.75) is 19.3 Å². The minimum absolute atomic E-state index is 0.238. The summed E-state index contributed by atoms with van der Waals surface area (Å²) in [5.74, 6) is 0.189. The van der Waals surface area contributed by atoms with Crippen LogP contribution in [0.1, 0.15) is 24.8 Å². The Morgan fingerprint density at radius 3 is 2.93 bits per heavy atom. The van der Waals surface area contributed by atoms with Gasteiger partial charge in [0.05, 0.1) is 5.02 Å². The van der Waals surface area contributed by atoms with Gasteiger partial charge in [0.15, 0.2) is 0 Å². The standard InChI is InChI=1S/C12H15ClFN/c1-2-15-6-5-10(8-15)9-3-4-12(14)11(13)7-9/h3-4,7,10H,2,5-6,8H2,1H3. The second-order valence-corrected chi connectivity index (χ2v) is 4.46. The van der Waals surface area contributed by atoms with Crippen molar-refractivity contribution in [2.75, 3.05) is 19.6 Å². The number of benzene rings is 1. The normalized spacial score (nSPS) is 22.2. The van der Waals surface area contributed by atoms with Gasteiger partial charge in [-0.15, -0.1) is 0 Å². The monoisotopic (exact) mass is 227 g/mol. The maximum absolute atomic E-state index is 13.0. The molecule has 1 heterocycles. The summed E-state index contributed by atoms with van der Waals surface area (Å²) >= 11 is 5.77. The smallest absolute Gasteiger partial charge is 0.141 e. The summed E-state index contributed by atoms with van der Waals surface area (Å²) in [6.07, 6.45) is 1.15. The number of rotatable bonds is 2. The first-order chi connectivity index (χ1) is 7.20. The summed E-state index contributed by atoms with van der Waals surface area (Å²) in [6.45, 7) is 5.46. The number of halogens is 2. The van der Waals surface area contributed by atoms with Crippen LogP contribution in [0.4, 0.5) is 4.39 Å². The molecular formula is C12H15ClFN. The van der Waals surface area contributed by atoms with Gasteiger partial charge in [0, 0.05) is 6.54 Å². The molecule has 0 spiro atoms. The van der Waals surface area contributed by atoms with Gasteiger partial charge in [-0.2, -0.15) is 0 Å². The van der Waals surface area contributed by atoms with E-state index in [4.69, 9.17) is 11.6 Å². The fraction of sp³-hybridized carbons (Fsp3) is 0.500. The van der Waals surface area contributed by atoms with Gasteiger partial charge >= 0.3 is 0 Å². The van der Waals surface area contributed by atoms with Gasteiger partial charge in [0.1, 0.15) is 5.82 Å². The van der Waals surface area contributed by atoms with Crippen LogP contribution >= 0.6 is 11.6 Å². The Bertz CT molecular complexity index is 353. The SMILES string of the molecule is CCN1CCC(c2ccc(F)c(Cl)c2)C1. The minimum atomic E-state index is -0.328. The molecule has 1 fully saturated rings. The van der Waals surface area contributed by atoms with Crippen molar-refractivity contribution in [3.8, 4) is 0 Å². The van der Waals surface area contributed by atoms with E-state index in [1.54, 1.807) is 6.07 Å². The minimum Gasteiger partial charge on any atom is -0.303 e.